The van der Waals surface area contributed by atoms with Gasteiger partial charge in [-0.1, -0.05) is 0 Å². The lowest BCUT2D eigenvalue weighted by Crippen LogP contribution is -2.66. The molecule has 0 aromatic rings. The summed E-state index contributed by atoms with van der Waals surface area (Å²) in [5.41, 5.74) is 0. The number of hydrogen-bond donors (Lipinski definition) is 0. The van der Waals surface area contributed by atoms with Gasteiger partial charge in [-0.15, -0.1) is 0 Å². The van der Waals surface area contributed by atoms with Crippen LogP contribution in [-0.4, -0.2) is 66.5 Å². The van der Waals surface area contributed by atoms with Crippen molar-refractivity contribution >= 4 is 27.8 Å². The van der Waals surface area contributed by atoms with Crippen molar-refractivity contribution in [3.8, 4) is 0 Å². The summed E-state index contributed by atoms with van der Waals surface area (Å²) in [7, 11) is -6.86. The fourth-order valence-electron chi connectivity index (χ4n) is 4.30. The first-order valence-electron chi connectivity index (χ1n) is 8.52. The van der Waals surface area contributed by atoms with E-state index in [0.29, 0.717) is 0 Å². The molecule has 0 aromatic heterocycles. The molecule has 0 radical (unpaired) electrons. The molecule has 2 heterocycles. The summed E-state index contributed by atoms with van der Waals surface area (Å²) in [5.74, 6) is -7.46. The largest absolute Gasteiger partial charge is 0.743 e. The summed E-state index contributed by atoms with van der Waals surface area (Å²) in [4.78, 5) is 36.1. The first-order valence-corrected chi connectivity index (χ1v) is 9.93. The minimum absolute atomic E-state index is 0.240. The van der Waals surface area contributed by atoms with Crippen molar-refractivity contribution in [2.75, 3.05) is 0 Å². The highest BCUT2D eigenvalue weighted by Gasteiger charge is 2.66. The van der Waals surface area contributed by atoms with E-state index in [-0.39, 0.29) is 12.8 Å². The number of halogens is 5. The van der Waals surface area contributed by atoms with E-state index in [1.807, 2.05) is 0 Å². The number of carbonyl (C=O) groups is 3. The van der Waals surface area contributed by atoms with E-state index in [0.717, 1.165) is 6.92 Å². The van der Waals surface area contributed by atoms with Gasteiger partial charge in [0.1, 0.15) is 12.2 Å². The van der Waals surface area contributed by atoms with E-state index in [1.165, 1.54) is 0 Å². The second-order valence-electron chi connectivity index (χ2n) is 7.28. The van der Waals surface area contributed by atoms with Crippen LogP contribution in [0.5, 0.6) is 0 Å². The third kappa shape index (κ3) is 3.66. The second kappa shape index (κ2) is 7.09. The molecule has 2 saturated carbocycles. The smallest absolute Gasteiger partial charge is 0.432 e. The molecule has 4 bridgehead atoms. The lowest BCUT2D eigenvalue weighted by molar-refractivity contribution is -0.269. The minimum Gasteiger partial charge on any atom is -0.743 e. The number of rotatable bonds is 5. The molecule has 7 unspecified atom stereocenters. The monoisotopic (exact) mass is 465 g/mol. The Morgan fingerprint density at radius 2 is 1.80 bits per heavy atom. The predicted molar refractivity (Wildman–Crippen MR) is 79.5 cm³/mol. The topological polar surface area (TPSA) is 136 Å². The fraction of sp³-hybridized carbons (Fsp3) is 0.800. The lowest BCUT2D eigenvalue weighted by Gasteiger charge is -2.55. The molecule has 0 N–H and O–H groups in total. The van der Waals surface area contributed by atoms with Crippen LogP contribution in [0.15, 0.2) is 0 Å². The highest BCUT2D eigenvalue weighted by molar-refractivity contribution is 7.86. The van der Waals surface area contributed by atoms with Crippen molar-refractivity contribution in [2.24, 2.45) is 17.8 Å². The number of ether oxygens (including phenoxy) is 3. The second-order valence-corrected chi connectivity index (χ2v) is 8.73. The molecule has 30 heavy (non-hydrogen) atoms. The Morgan fingerprint density at radius 1 is 1.20 bits per heavy atom. The summed E-state index contributed by atoms with van der Waals surface area (Å²) in [6.45, 7) is 1.02. The van der Waals surface area contributed by atoms with Gasteiger partial charge in [0.05, 0.1) is 12.0 Å². The number of esters is 2. The van der Waals surface area contributed by atoms with Crippen LogP contribution in [-0.2, 0) is 38.7 Å². The van der Waals surface area contributed by atoms with E-state index in [9.17, 15) is 49.3 Å². The van der Waals surface area contributed by atoms with E-state index in [1.54, 1.807) is 0 Å². The van der Waals surface area contributed by atoms with Gasteiger partial charge in [0.25, 0.3) is 6.10 Å². The van der Waals surface area contributed by atoms with E-state index >= 15 is 0 Å². The summed E-state index contributed by atoms with van der Waals surface area (Å²) >= 11 is 0. The van der Waals surface area contributed by atoms with Gasteiger partial charge < -0.3 is 18.8 Å². The number of alkyl halides is 5. The van der Waals surface area contributed by atoms with Gasteiger partial charge in [-0.25, -0.2) is 8.42 Å². The van der Waals surface area contributed by atoms with Crippen molar-refractivity contribution in [1.29, 1.82) is 0 Å². The molecule has 2 saturated heterocycles. The number of ketones is 1. The van der Waals surface area contributed by atoms with Crippen LogP contribution in [0.1, 0.15) is 19.8 Å². The molecule has 7 atom stereocenters. The summed E-state index contributed by atoms with van der Waals surface area (Å²) in [6, 6.07) is 0. The Labute approximate surface area is 165 Å². The maximum atomic E-state index is 13.6. The molecule has 9 nitrogen and oxygen atoms in total. The first kappa shape index (κ1) is 22.8. The third-order valence-corrected chi connectivity index (χ3v) is 6.30. The molecule has 170 valence electrons. The fourth-order valence-corrected chi connectivity index (χ4v) is 4.74. The van der Waals surface area contributed by atoms with E-state index < -0.39 is 81.4 Å². The third-order valence-electron chi connectivity index (χ3n) is 5.42. The molecule has 4 fully saturated rings. The Kier molecular flexibility index (Phi) is 5.39. The van der Waals surface area contributed by atoms with Crippen LogP contribution < -0.4 is 0 Å². The van der Waals surface area contributed by atoms with Gasteiger partial charge in [0.2, 0.25) is 0 Å². The van der Waals surface area contributed by atoms with Crippen LogP contribution in [0.3, 0.4) is 0 Å². The van der Waals surface area contributed by atoms with Gasteiger partial charge in [0, 0.05) is 18.8 Å². The Hall–Kier alpha value is -1.87. The summed E-state index contributed by atoms with van der Waals surface area (Å²) in [5, 5.41) is -6.00. The lowest BCUT2D eigenvalue weighted by atomic mass is 9.59. The van der Waals surface area contributed by atoms with Crippen molar-refractivity contribution in [3.05, 3.63) is 0 Å². The molecule has 0 aromatic carbocycles. The highest BCUT2D eigenvalue weighted by atomic mass is 32.2. The average Bonchev–Trinajstić information content (AvgIpc) is 2.55. The van der Waals surface area contributed by atoms with Crippen LogP contribution in [0, 0.1) is 17.8 Å². The van der Waals surface area contributed by atoms with Gasteiger partial charge in [-0.2, -0.15) is 22.0 Å². The maximum absolute atomic E-state index is 13.6. The SMILES string of the molecule is CC(=O)OC1C2CC3C(=O)C(CC1C3C(=O)OC(C(F)(F)F)C(F)(F)S(=O)(=O)[O-])O2. The Morgan fingerprint density at radius 3 is 2.30 bits per heavy atom. The van der Waals surface area contributed by atoms with Gasteiger partial charge in [-0.05, 0) is 12.8 Å². The molecule has 2 aliphatic carbocycles. The standard InChI is InChI=1S/C15H15F5O9S/c1-4(21)27-11-6-3-7-10(22)5(2-8(11)28-7)9(6)12(23)29-13(14(16,17)18)15(19,20)30(24,25)26/h5-9,11,13H,2-3H2,1H3,(H,24,25,26)/p-1. The molecule has 2 aliphatic heterocycles. The van der Waals surface area contributed by atoms with Crippen molar-refractivity contribution in [1.82, 2.24) is 0 Å². The number of Topliss-reactive ketones (excluding diaryl/α,β-unsaturated/α-hetero) is 1. The zero-order chi connectivity index (χ0) is 22.8. The average molecular weight is 465 g/mol. The molecular weight excluding hydrogens is 451 g/mol. The molecule has 0 spiro atoms. The minimum atomic E-state index is -6.86. The Bertz CT molecular complexity index is 870. The molecule has 15 heteroatoms. The van der Waals surface area contributed by atoms with Gasteiger partial charge in [0.15, 0.2) is 15.9 Å². The van der Waals surface area contributed by atoms with E-state index in [2.05, 4.69) is 4.74 Å². The number of carbonyl (C=O) groups excluding carboxylic acids is 3. The van der Waals surface area contributed by atoms with Crippen LogP contribution in [0.25, 0.3) is 0 Å². The maximum Gasteiger partial charge on any atom is 0.432 e. The van der Waals surface area contributed by atoms with Crippen molar-refractivity contribution in [3.63, 3.8) is 0 Å². The predicted octanol–water partition coefficient (Wildman–Crippen LogP) is 0.523. The van der Waals surface area contributed by atoms with Crippen LogP contribution in [0.4, 0.5) is 22.0 Å². The quantitative estimate of drug-likeness (QED) is 0.323. The molecule has 0 amide bonds. The molecule has 4 aliphatic rings. The van der Waals surface area contributed by atoms with Crippen LogP contribution >= 0.6 is 0 Å². The Balaban J connectivity index is 1.92. The van der Waals surface area contributed by atoms with Gasteiger partial charge in [-0.3, -0.25) is 14.4 Å². The van der Waals surface area contributed by atoms with Crippen molar-refractivity contribution < 1.29 is 63.5 Å². The summed E-state index contributed by atoms with van der Waals surface area (Å²) < 4.78 is 113. The van der Waals surface area contributed by atoms with Gasteiger partial charge >= 0.3 is 23.4 Å². The van der Waals surface area contributed by atoms with Crippen LogP contribution in [0.2, 0.25) is 0 Å². The highest BCUT2D eigenvalue weighted by Crippen LogP contribution is 2.51. The normalized spacial score (nSPS) is 34.6. The molecule has 4 rings (SSSR count). The first-order chi connectivity index (χ1) is 13.6. The number of hydrogen-bond acceptors (Lipinski definition) is 9. The zero-order valence-electron chi connectivity index (χ0n) is 14.9. The van der Waals surface area contributed by atoms with Crippen molar-refractivity contribution in [2.45, 2.75) is 55.6 Å². The molecular formula is C15H14F5O9S-. The summed E-state index contributed by atoms with van der Waals surface area (Å²) in [6.07, 6.45) is -14.1. The zero-order valence-corrected chi connectivity index (χ0v) is 15.7. The van der Waals surface area contributed by atoms with E-state index in [4.69, 9.17) is 9.47 Å².